The summed E-state index contributed by atoms with van der Waals surface area (Å²) in [6.07, 6.45) is 3.73. The zero-order valence-corrected chi connectivity index (χ0v) is 11.3. The van der Waals surface area contributed by atoms with Crippen LogP contribution in [0.2, 0.25) is 0 Å². The highest BCUT2D eigenvalue weighted by molar-refractivity contribution is 5.94. The van der Waals surface area contributed by atoms with Crippen molar-refractivity contribution in [2.75, 3.05) is 13.1 Å². The molecule has 1 aromatic rings. The van der Waals surface area contributed by atoms with E-state index in [1.807, 2.05) is 25.1 Å². The maximum absolute atomic E-state index is 12.0. The molecule has 3 N–H and O–H groups in total. The second kappa shape index (κ2) is 6.40. The van der Waals surface area contributed by atoms with Crippen LogP contribution in [-0.4, -0.2) is 19.0 Å². The van der Waals surface area contributed by atoms with Crippen LogP contribution >= 0.6 is 0 Å². The molecule has 1 aliphatic carbocycles. The maximum Gasteiger partial charge on any atom is 0.251 e. The van der Waals surface area contributed by atoms with Gasteiger partial charge in [-0.3, -0.25) is 4.79 Å². The number of nitrogens with two attached hydrogens (primary N) is 1. The number of amides is 1. The summed E-state index contributed by atoms with van der Waals surface area (Å²) in [5.74, 6) is 6.64. The Hall–Kier alpha value is -1.79. The Bertz CT molecular complexity index is 521. The highest BCUT2D eigenvalue weighted by Gasteiger charge is 2.20. The lowest BCUT2D eigenvalue weighted by atomic mass is 10.0. The van der Waals surface area contributed by atoms with Gasteiger partial charge in [0.05, 0.1) is 6.54 Å². The molecule has 0 aliphatic heterocycles. The molecule has 1 aliphatic rings. The summed E-state index contributed by atoms with van der Waals surface area (Å²) in [4.78, 5) is 12.0. The van der Waals surface area contributed by atoms with Gasteiger partial charge in [0, 0.05) is 17.7 Å². The van der Waals surface area contributed by atoms with Gasteiger partial charge in [0.25, 0.3) is 5.91 Å². The molecule has 100 valence electrons. The summed E-state index contributed by atoms with van der Waals surface area (Å²) in [6.45, 7) is 3.08. The van der Waals surface area contributed by atoms with Gasteiger partial charge in [0.1, 0.15) is 0 Å². The predicted molar refractivity (Wildman–Crippen MR) is 76.8 cm³/mol. The molecule has 3 heteroatoms. The lowest BCUT2D eigenvalue weighted by Gasteiger charge is -2.06. The maximum atomic E-state index is 12.0. The fourth-order valence-electron chi connectivity index (χ4n) is 1.94. The van der Waals surface area contributed by atoms with Gasteiger partial charge in [-0.15, -0.1) is 0 Å². The molecule has 0 atom stereocenters. The van der Waals surface area contributed by atoms with Gasteiger partial charge in [-0.25, -0.2) is 0 Å². The van der Waals surface area contributed by atoms with Crippen molar-refractivity contribution in [1.29, 1.82) is 0 Å². The molecule has 0 spiro atoms. The van der Waals surface area contributed by atoms with Gasteiger partial charge in [0.15, 0.2) is 0 Å². The third kappa shape index (κ3) is 4.11. The Morgan fingerprint density at radius 1 is 1.47 bits per heavy atom. The molecule has 0 saturated heterocycles. The first-order valence-electron chi connectivity index (χ1n) is 6.78. The molecular weight excluding hydrogens is 236 g/mol. The van der Waals surface area contributed by atoms with Crippen molar-refractivity contribution in [1.82, 2.24) is 5.32 Å². The highest BCUT2D eigenvalue weighted by atomic mass is 16.1. The number of rotatable bonds is 4. The number of nitrogens with one attached hydrogen (secondary N) is 1. The fourth-order valence-corrected chi connectivity index (χ4v) is 1.94. The third-order valence-electron chi connectivity index (χ3n) is 3.36. The van der Waals surface area contributed by atoms with Gasteiger partial charge in [0.2, 0.25) is 0 Å². The molecule has 0 bridgehead atoms. The predicted octanol–water partition coefficient (Wildman–Crippen LogP) is 1.84. The van der Waals surface area contributed by atoms with Crippen molar-refractivity contribution in [2.24, 2.45) is 11.7 Å². The zero-order valence-electron chi connectivity index (χ0n) is 11.3. The summed E-state index contributed by atoms with van der Waals surface area (Å²) < 4.78 is 0. The standard InChI is InChI=1S/C16H20N2O/c1-12-4-7-15(11-14(12)3-2-9-17)16(19)18-10-8-13-5-6-13/h4,7,11,13H,5-6,8-10,17H2,1H3,(H,18,19). The van der Waals surface area contributed by atoms with E-state index >= 15 is 0 Å². The summed E-state index contributed by atoms with van der Waals surface area (Å²) in [6, 6.07) is 5.61. The lowest BCUT2D eigenvalue weighted by Crippen LogP contribution is -2.24. The van der Waals surface area contributed by atoms with Crippen LogP contribution in [0.15, 0.2) is 18.2 Å². The topological polar surface area (TPSA) is 55.1 Å². The molecular formula is C16H20N2O. The number of carbonyl (C=O) groups is 1. The number of hydrogen-bond acceptors (Lipinski definition) is 2. The minimum Gasteiger partial charge on any atom is -0.352 e. The van der Waals surface area contributed by atoms with E-state index in [1.54, 1.807) is 0 Å². The van der Waals surface area contributed by atoms with E-state index in [1.165, 1.54) is 12.8 Å². The van der Waals surface area contributed by atoms with E-state index in [-0.39, 0.29) is 5.91 Å². The molecule has 0 heterocycles. The van der Waals surface area contributed by atoms with Crippen molar-refractivity contribution >= 4 is 5.91 Å². The minimum absolute atomic E-state index is 0.0172. The average molecular weight is 256 g/mol. The smallest absolute Gasteiger partial charge is 0.251 e. The molecule has 19 heavy (non-hydrogen) atoms. The first-order chi connectivity index (χ1) is 9.20. The van der Waals surface area contributed by atoms with Gasteiger partial charge >= 0.3 is 0 Å². The van der Waals surface area contributed by atoms with Crippen LogP contribution < -0.4 is 11.1 Å². The molecule has 1 amide bonds. The average Bonchev–Trinajstić information content (AvgIpc) is 3.22. The summed E-state index contributed by atoms with van der Waals surface area (Å²) >= 11 is 0. The van der Waals surface area contributed by atoms with Crippen molar-refractivity contribution in [2.45, 2.75) is 26.2 Å². The van der Waals surface area contributed by atoms with Crippen molar-refractivity contribution in [3.63, 3.8) is 0 Å². The molecule has 3 nitrogen and oxygen atoms in total. The molecule has 1 saturated carbocycles. The first kappa shape index (κ1) is 13.6. The quantitative estimate of drug-likeness (QED) is 0.808. The fraction of sp³-hybridized carbons (Fsp3) is 0.438. The van der Waals surface area contributed by atoms with E-state index in [0.29, 0.717) is 12.1 Å². The Balaban J connectivity index is 1.99. The minimum atomic E-state index is -0.0172. The van der Waals surface area contributed by atoms with Crippen LogP contribution in [-0.2, 0) is 0 Å². The van der Waals surface area contributed by atoms with Crippen LogP contribution in [0.5, 0.6) is 0 Å². The van der Waals surface area contributed by atoms with Crippen LogP contribution in [0.3, 0.4) is 0 Å². The van der Waals surface area contributed by atoms with Crippen molar-refractivity contribution in [3.05, 3.63) is 34.9 Å². The summed E-state index contributed by atoms with van der Waals surface area (Å²) in [7, 11) is 0. The molecule has 1 aromatic carbocycles. The molecule has 0 radical (unpaired) electrons. The lowest BCUT2D eigenvalue weighted by molar-refractivity contribution is 0.0952. The number of hydrogen-bond donors (Lipinski definition) is 2. The largest absolute Gasteiger partial charge is 0.352 e. The van der Waals surface area contributed by atoms with E-state index in [0.717, 1.165) is 30.0 Å². The molecule has 1 fully saturated rings. The van der Waals surface area contributed by atoms with E-state index in [9.17, 15) is 4.79 Å². The number of aryl methyl sites for hydroxylation is 1. The molecule has 0 aromatic heterocycles. The molecule has 2 rings (SSSR count). The van der Waals surface area contributed by atoms with E-state index in [4.69, 9.17) is 5.73 Å². The number of benzene rings is 1. The Morgan fingerprint density at radius 3 is 2.95 bits per heavy atom. The van der Waals surface area contributed by atoms with Gasteiger partial charge < -0.3 is 11.1 Å². The molecule has 0 unspecified atom stereocenters. The first-order valence-corrected chi connectivity index (χ1v) is 6.78. The van der Waals surface area contributed by atoms with Crippen molar-refractivity contribution < 1.29 is 4.79 Å². The summed E-state index contributed by atoms with van der Waals surface area (Å²) in [5.41, 5.74) is 7.98. The van der Waals surface area contributed by atoms with Crippen molar-refractivity contribution in [3.8, 4) is 11.8 Å². The SMILES string of the molecule is Cc1ccc(C(=O)NCCC2CC2)cc1C#CCN. The van der Waals surface area contributed by atoms with Crippen LogP contribution in [0, 0.1) is 24.7 Å². The summed E-state index contributed by atoms with van der Waals surface area (Å²) in [5, 5.41) is 2.96. The second-order valence-electron chi connectivity index (χ2n) is 5.02. The van der Waals surface area contributed by atoms with Gasteiger partial charge in [-0.05, 0) is 37.0 Å². The number of carbonyl (C=O) groups excluding carboxylic acids is 1. The van der Waals surface area contributed by atoms with Crippen LogP contribution in [0.25, 0.3) is 0 Å². The zero-order chi connectivity index (χ0) is 13.7. The van der Waals surface area contributed by atoms with Gasteiger partial charge in [-0.1, -0.05) is 30.7 Å². The van der Waals surface area contributed by atoms with E-state index < -0.39 is 0 Å². The van der Waals surface area contributed by atoms with Crippen LogP contribution in [0.4, 0.5) is 0 Å². The Kier molecular flexibility index (Phi) is 4.59. The highest BCUT2D eigenvalue weighted by Crippen LogP contribution is 2.31. The van der Waals surface area contributed by atoms with E-state index in [2.05, 4.69) is 17.2 Å². The third-order valence-corrected chi connectivity index (χ3v) is 3.36. The normalized spacial score (nSPS) is 13.6. The van der Waals surface area contributed by atoms with Gasteiger partial charge in [-0.2, -0.15) is 0 Å². The van der Waals surface area contributed by atoms with Crippen LogP contribution in [0.1, 0.15) is 40.7 Å². The monoisotopic (exact) mass is 256 g/mol. The second-order valence-corrected chi connectivity index (χ2v) is 5.02. The Morgan fingerprint density at radius 2 is 2.26 bits per heavy atom. The Labute approximate surface area is 114 Å².